The van der Waals surface area contributed by atoms with Crippen molar-refractivity contribution in [1.29, 1.82) is 0 Å². The van der Waals surface area contributed by atoms with Gasteiger partial charge in [-0.25, -0.2) is 0 Å². The Hall–Kier alpha value is -2.27. The van der Waals surface area contributed by atoms with Gasteiger partial charge in [-0.1, -0.05) is 68.7 Å². The summed E-state index contributed by atoms with van der Waals surface area (Å²) in [5, 5.41) is 0. The molecule has 2 heteroatoms. The molecule has 132 valence electrons. The molecule has 25 heavy (non-hydrogen) atoms. The van der Waals surface area contributed by atoms with E-state index < -0.39 is 0 Å². The monoisotopic (exact) mass is 336 g/mol. The summed E-state index contributed by atoms with van der Waals surface area (Å²) in [5.74, 6) is 2.74. The van der Waals surface area contributed by atoms with Gasteiger partial charge in [-0.2, -0.15) is 0 Å². The fraction of sp³-hybridized carbons (Fsp3) is 0.435. The van der Waals surface area contributed by atoms with Crippen LogP contribution >= 0.6 is 0 Å². The van der Waals surface area contributed by atoms with Crippen molar-refractivity contribution < 1.29 is 9.53 Å². The Morgan fingerprint density at radius 2 is 1.92 bits per heavy atom. The minimum absolute atomic E-state index is 0.0403. The summed E-state index contributed by atoms with van der Waals surface area (Å²) in [5.41, 5.74) is 4.09. The molecule has 1 aromatic carbocycles. The van der Waals surface area contributed by atoms with Crippen LogP contribution in [0.2, 0.25) is 0 Å². The van der Waals surface area contributed by atoms with Gasteiger partial charge in [-0.3, -0.25) is 4.79 Å². The minimum Gasteiger partial charge on any atom is -0.460 e. The van der Waals surface area contributed by atoms with Crippen molar-refractivity contribution in [2.24, 2.45) is 17.3 Å². The smallest absolute Gasteiger partial charge is 0.310 e. The van der Waals surface area contributed by atoms with E-state index in [1.165, 1.54) is 5.57 Å². The summed E-state index contributed by atoms with van der Waals surface area (Å²) >= 11 is 0. The van der Waals surface area contributed by atoms with Gasteiger partial charge in [0.2, 0.25) is 0 Å². The highest BCUT2D eigenvalue weighted by molar-refractivity contribution is 5.79. The first kappa shape index (κ1) is 19.1. The Morgan fingerprint density at radius 1 is 1.28 bits per heavy atom. The molecule has 1 fully saturated rings. The van der Waals surface area contributed by atoms with Crippen LogP contribution in [0.4, 0.5) is 0 Å². The highest BCUT2D eigenvalue weighted by Gasteiger charge is 2.61. The topological polar surface area (TPSA) is 26.3 Å². The molecule has 1 saturated carbocycles. The lowest BCUT2D eigenvalue weighted by atomic mass is 9.98. The van der Waals surface area contributed by atoms with E-state index in [1.807, 2.05) is 30.3 Å². The first-order valence-electron chi connectivity index (χ1n) is 8.88. The number of carbonyl (C=O) groups is 1. The third kappa shape index (κ3) is 4.23. The summed E-state index contributed by atoms with van der Waals surface area (Å²) in [4.78, 5) is 12.5. The third-order valence-corrected chi connectivity index (χ3v) is 5.05. The molecule has 0 spiro atoms. The molecule has 0 bridgehead atoms. The average molecular weight is 336 g/mol. The average Bonchev–Trinajstić information content (AvgIpc) is 3.11. The third-order valence-electron chi connectivity index (χ3n) is 5.05. The molecule has 2 unspecified atom stereocenters. The van der Waals surface area contributed by atoms with E-state index in [0.717, 1.165) is 23.1 Å². The van der Waals surface area contributed by atoms with Crippen molar-refractivity contribution in [3.8, 4) is 12.3 Å². The lowest BCUT2D eigenvalue weighted by molar-refractivity contribution is -0.145. The van der Waals surface area contributed by atoms with Gasteiger partial charge in [-0.15, -0.1) is 6.42 Å². The molecule has 0 saturated heterocycles. The number of benzene rings is 1. The van der Waals surface area contributed by atoms with Gasteiger partial charge in [0, 0.05) is 5.57 Å². The largest absolute Gasteiger partial charge is 0.460 e. The van der Waals surface area contributed by atoms with Crippen LogP contribution < -0.4 is 0 Å². The summed E-state index contributed by atoms with van der Waals surface area (Å²) in [6, 6.07) is 10.0. The highest BCUT2D eigenvalue weighted by atomic mass is 16.5. The molecule has 0 amide bonds. The molecule has 0 aromatic heterocycles. The number of allylic oxidation sites excluding steroid dienone is 3. The zero-order chi connectivity index (χ0) is 18.6. The van der Waals surface area contributed by atoms with Gasteiger partial charge in [-0.05, 0) is 42.7 Å². The second-order valence-electron chi connectivity index (χ2n) is 7.50. The van der Waals surface area contributed by atoms with Crippen LogP contribution in [-0.4, -0.2) is 12.6 Å². The second-order valence-corrected chi connectivity index (χ2v) is 7.50. The zero-order valence-corrected chi connectivity index (χ0v) is 15.9. The first-order chi connectivity index (χ1) is 11.8. The highest BCUT2D eigenvalue weighted by Crippen LogP contribution is 2.59. The molecule has 2 nitrogen and oxygen atoms in total. The van der Waals surface area contributed by atoms with Crippen LogP contribution in [0.15, 0.2) is 47.6 Å². The van der Waals surface area contributed by atoms with Crippen LogP contribution in [0.25, 0.3) is 5.57 Å². The molecule has 2 atom stereocenters. The molecule has 1 aromatic rings. The quantitative estimate of drug-likeness (QED) is 0.402. The van der Waals surface area contributed by atoms with Crippen LogP contribution in [-0.2, 0) is 9.53 Å². The molecule has 0 N–H and O–H groups in total. The van der Waals surface area contributed by atoms with E-state index in [2.05, 4.69) is 46.6 Å². The number of ether oxygens (including phenoxy) is 1. The normalized spacial score (nSPS) is 21.6. The van der Waals surface area contributed by atoms with E-state index in [0.29, 0.717) is 0 Å². The van der Waals surface area contributed by atoms with Gasteiger partial charge in [0.05, 0.1) is 5.92 Å². The summed E-state index contributed by atoms with van der Waals surface area (Å²) < 4.78 is 5.60. The predicted octanol–water partition coefficient (Wildman–Crippen LogP) is 5.27. The lowest BCUT2D eigenvalue weighted by Gasteiger charge is -2.11. The standard InChI is InChI=1S/C23H28O2/c1-7-17(19(8-2)18-12-10-9-11-13-18)15-25-22(24)21-20(14-16(3)4)23(21,5)6/h1,9-14,20-21H,8,15H2,2-6H3. The summed E-state index contributed by atoms with van der Waals surface area (Å²) in [7, 11) is 0. The van der Waals surface area contributed by atoms with Gasteiger partial charge < -0.3 is 4.74 Å². The Bertz CT molecular complexity index is 725. The molecule has 1 aliphatic rings. The first-order valence-corrected chi connectivity index (χ1v) is 8.88. The molecular formula is C23H28O2. The van der Waals surface area contributed by atoms with Crippen molar-refractivity contribution in [2.75, 3.05) is 6.61 Å². The maximum atomic E-state index is 12.5. The molecule has 2 rings (SSSR count). The van der Waals surface area contributed by atoms with Gasteiger partial charge >= 0.3 is 5.97 Å². The SMILES string of the molecule is C#CC(COC(=O)C1C(C=C(C)C)C1(C)C)=C(CC)c1ccccc1. The van der Waals surface area contributed by atoms with Crippen molar-refractivity contribution in [2.45, 2.75) is 41.0 Å². The van der Waals surface area contributed by atoms with E-state index in [4.69, 9.17) is 11.2 Å². The van der Waals surface area contributed by atoms with E-state index in [-0.39, 0.29) is 29.8 Å². The molecule has 0 heterocycles. The van der Waals surface area contributed by atoms with Gasteiger partial charge in [0.25, 0.3) is 0 Å². The number of hydrogen-bond acceptors (Lipinski definition) is 2. The second kappa shape index (κ2) is 7.74. The number of hydrogen-bond donors (Lipinski definition) is 0. The van der Waals surface area contributed by atoms with E-state index >= 15 is 0 Å². The Labute approximate surface area is 152 Å². The van der Waals surface area contributed by atoms with Crippen molar-refractivity contribution in [3.63, 3.8) is 0 Å². The van der Waals surface area contributed by atoms with Crippen LogP contribution in [0.3, 0.4) is 0 Å². The fourth-order valence-electron chi connectivity index (χ4n) is 3.48. The minimum atomic E-state index is -0.149. The zero-order valence-electron chi connectivity index (χ0n) is 15.9. The maximum Gasteiger partial charge on any atom is 0.310 e. The molecule has 0 aliphatic heterocycles. The fourth-order valence-corrected chi connectivity index (χ4v) is 3.48. The number of esters is 1. The van der Waals surface area contributed by atoms with Crippen LogP contribution in [0, 0.1) is 29.6 Å². The van der Waals surface area contributed by atoms with Gasteiger partial charge in [0.1, 0.15) is 6.61 Å². The van der Waals surface area contributed by atoms with E-state index in [1.54, 1.807) is 0 Å². The predicted molar refractivity (Wildman–Crippen MR) is 104 cm³/mol. The molecule has 0 radical (unpaired) electrons. The van der Waals surface area contributed by atoms with Crippen molar-refractivity contribution in [1.82, 2.24) is 0 Å². The Morgan fingerprint density at radius 3 is 2.44 bits per heavy atom. The van der Waals surface area contributed by atoms with Crippen molar-refractivity contribution >= 4 is 11.5 Å². The maximum absolute atomic E-state index is 12.5. The Balaban J connectivity index is 2.11. The van der Waals surface area contributed by atoms with Gasteiger partial charge in [0.15, 0.2) is 0 Å². The van der Waals surface area contributed by atoms with Crippen molar-refractivity contribution in [3.05, 3.63) is 53.1 Å². The van der Waals surface area contributed by atoms with Crippen LogP contribution in [0.5, 0.6) is 0 Å². The summed E-state index contributed by atoms with van der Waals surface area (Å²) in [6.07, 6.45) is 8.68. The molecule has 1 aliphatic carbocycles. The number of rotatable bonds is 6. The van der Waals surface area contributed by atoms with E-state index in [9.17, 15) is 4.79 Å². The summed E-state index contributed by atoms with van der Waals surface area (Å²) in [6.45, 7) is 10.6. The van der Waals surface area contributed by atoms with Crippen LogP contribution in [0.1, 0.15) is 46.6 Å². The Kier molecular flexibility index (Phi) is 5.90. The molecular weight excluding hydrogens is 308 g/mol. The number of carbonyl (C=O) groups excluding carboxylic acids is 1. The number of terminal acetylenes is 1. The lowest BCUT2D eigenvalue weighted by Crippen LogP contribution is -2.13.